The lowest BCUT2D eigenvalue weighted by atomic mass is 10.2. The Balaban J connectivity index is 3.00. The second-order valence-corrected chi connectivity index (χ2v) is 7.65. The van der Waals surface area contributed by atoms with Gasteiger partial charge in [-0.3, -0.25) is 4.90 Å². The summed E-state index contributed by atoms with van der Waals surface area (Å²) in [5, 5.41) is 0. The van der Waals surface area contributed by atoms with Gasteiger partial charge in [0.05, 0.1) is 10.9 Å². The van der Waals surface area contributed by atoms with Gasteiger partial charge < -0.3 is 9.47 Å². The number of esters is 1. The summed E-state index contributed by atoms with van der Waals surface area (Å²) >= 11 is 4.71. The van der Waals surface area contributed by atoms with Gasteiger partial charge in [-0.2, -0.15) is 0 Å². The molecule has 5 nitrogen and oxygen atoms in total. The Kier molecular flexibility index (Phi) is 5.59. The first-order valence-corrected chi connectivity index (χ1v) is 7.55. The molecule has 1 rings (SSSR count). The van der Waals surface area contributed by atoms with Crippen molar-refractivity contribution in [1.82, 2.24) is 4.90 Å². The maximum atomic E-state index is 12.1. The van der Waals surface area contributed by atoms with Crippen molar-refractivity contribution in [3.8, 4) is 0 Å². The van der Waals surface area contributed by atoms with Gasteiger partial charge in [0.15, 0.2) is 6.04 Å². The fourth-order valence-corrected chi connectivity index (χ4v) is 3.05. The van der Waals surface area contributed by atoms with Gasteiger partial charge in [0, 0.05) is 11.9 Å². The van der Waals surface area contributed by atoms with Crippen LogP contribution < -0.4 is 0 Å². The van der Waals surface area contributed by atoms with Crippen molar-refractivity contribution in [2.24, 2.45) is 0 Å². The minimum Gasteiger partial charge on any atom is -0.467 e. The number of halogens is 1. The first-order chi connectivity index (χ1) is 9.15. The van der Waals surface area contributed by atoms with Crippen LogP contribution in [0.1, 0.15) is 31.7 Å². The SMILES string of the molecule is COC(=O)C(c1ccc(Br)s1)N(C)C(=O)OC(C)(C)C. The van der Waals surface area contributed by atoms with Gasteiger partial charge in [0.2, 0.25) is 0 Å². The molecular formula is C13H18BrNO4S. The topological polar surface area (TPSA) is 55.8 Å². The molecule has 0 spiro atoms. The molecule has 0 aromatic carbocycles. The molecule has 20 heavy (non-hydrogen) atoms. The molecule has 0 saturated heterocycles. The number of rotatable bonds is 3. The number of nitrogens with zero attached hydrogens (tertiary/aromatic N) is 1. The Morgan fingerprint density at radius 3 is 2.35 bits per heavy atom. The molecule has 1 aromatic heterocycles. The zero-order chi connectivity index (χ0) is 15.5. The van der Waals surface area contributed by atoms with E-state index in [1.54, 1.807) is 26.8 Å². The van der Waals surface area contributed by atoms with Crippen LogP contribution in [0.5, 0.6) is 0 Å². The first kappa shape index (κ1) is 17.0. The molecule has 0 N–H and O–H groups in total. The van der Waals surface area contributed by atoms with E-state index >= 15 is 0 Å². The predicted octanol–water partition coefficient (Wildman–Crippen LogP) is 3.59. The van der Waals surface area contributed by atoms with Gasteiger partial charge in [-0.25, -0.2) is 9.59 Å². The normalized spacial score (nSPS) is 12.7. The summed E-state index contributed by atoms with van der Waals surface area (Å²) in [5.41, 5.74) is -0.623. The van der Waals surface area contributed by atoms with Gasteiger partial charge >= 0.3 is 12.1 Å². The van der Waals surface area contributed by atoms with Crippen LogP contribution in [0.15, 0.2) is 15.9 Å². The highest BCUT2D eigenvalue weighted by atomic mass is 79.9. The molecule has 0 fully saturated rings. The van der Waals surface area contributed by atoms with E-state index in [-0.39, 0.29) is 0 Å². The van der Waals surface area contributed by atoms with E-state index in [1.165, 1.54) is 30.4 Å². The van der Waals surface area contributed by atoms with Crippen LogP contribution in [-0.2, 0) is 14.3 Å². The molecule has 0 aliphatic rings. The monoisotopic (exact) mass is 363 g/mol. The van der Waals surface area contributed by atoms with E-state index in [9.17, 15) is 9.59 Å². The Labute approximate surface area is 131 Å². The van der Waals surface area contributed by atoms with Gasteiger partial charge in [-0.15, -0.1) is 11.3 Å². The summed E-state index contributed by atoms with van der Waals surface area (Å²) < 4.78 is 10.9. The largest absolute Gasteiger partial charge is 0.467 e. The first-order valence-electron chi connectivity index (χ1n) is 5.94. The highest BCUT2D eigenvalue weighted by molar-refractivity contribution is 9.11. The number of ether oxygens (including phenoxy) is 2. The molecule has 0 saturated carbocycles. The van der Waals surface area contributed by atoms with Crippen molar-refractivity contribution in [3.63, 3.8) is 0 Å². The van der Waals surface area contributed by atoms with Crippen LogP contribution in [0.3, 0.4) is 0 Å². The van der Waals surface area contributed by atoms with Crippen LogP contribution in [0, 0.1) is 0 Å². The van der Waals surface area contributed by atoms with Crippen molar-refractivity contribution >= 4 is 39.3 Å². The third-order valence-electron chi connectivity index (χ3n) is 2.36. The molecule has 1 heterocycles. The summed E-state index contributed by atoms with van der Waals surface area (Å²) in [6.45, 7) is 5.31. The second kappa shape index (κ2) is 6.58. The smallest absolute Gasteiger partial charge is 0.411 e. The number of hydrogen-bond donors (Lipinski definition) is 0. The summed E-state index contributed by atoms with van der Waals surface area (Å²) in [4.78, 5) is 26.0. The van der Waals surface area contributed by atoms with E-state index < -0.39 is 23.7 Å². The summed E-state index contributed by atoms with van der Waals surface area (Å²) in [7, 11) is 2.81. The van der Waals surface area contributed by atoms with E-state index in [4.69, 9.17) is 9.47 Å². The molecule has 112 valence electrons. The lowest BCUT2D eigenvalue weighted by Crippen LogP contribution is -2.39. The minimum absolute atomic E-state index is 0.507. The number of carbonyl (C=O) groups excluding carboxylic acids is 2. The lowest BCUT2D eigenvalue weighted by Gasteiger charge is -2.28. The zero-order valence-electron chi connectivity index (χ0n) is 12.1. The highest BCUT2D eigenvalue weighted by Gasteiger charge is 2.33. The van der Waals surface area contributed by atoms with Gasteiger partial charge in [-0.05, 0) is 48.8 Å². The Hall–Kier alpha value is -1.08. The molecular weight excluding hydrogens is 346 g/mol. The van der Waals surface area contributed by atoms with E-state index in [1.807, 2.05) is 6.07 Å². The van der Waals surface area contributed by atoms with Crippen molar-refractivity contribution in [2.75, 3.05) is 14.2 Å². The van der Waals surface area contributed by atoms with Crippen molar-refractivity contribution < 1.29 is 19.1 Å². The van der Waals surface area contributed by atoms with Gasteiger partial charge in [-0.1, -0.05) is 0 Å². The fraction of sp³-hybridized carbons (Fsp3) is 0.538. The van der Waals surface area contributed by atoms with Crippen molar-refractivity contribution in [3.05, 3.63) is 20.8 Å². The summed E-state index contributed by atoms with van der Waals surface area (Å²) in [6.07, 6.45) is -0.572. The average Bonchev–Trinajstić information content (AvgIpc) is 2.73. The quantitative estimate of drug-likeness (QED) is 0.770. The van der Waals surface area contributed by atoms with Crippen LogP contribution in [0.2, 0.25) is 0 Å². The molecule has 7 heteroatoms. The molecule has 0 aliphatic heterocycles. The number of amides is 1. The van der Waals surface area contributed by atoms with E-state index in [2.05, 4.69) is 15.9 Å². The molecule has 0 aliphatic carbocycles. The maximum Gasteiger partial charge on any atom is 0.411 e. The minimum atomic E-state index is -0.814. The molecule has 1 unspecified atom stereocenters. The Bertz CT molecular complexity index is 495. The molecule has 1 aromatic rings. The third-order valence-corrected chi connectivity index (χ3v) is 4.03. The summed E-state index contributed by atoms with van der Waals surface area (Å²) in [5.74, 6) is -0.507. The number of methoxy groups -OCH3 is 1. The molecule has 1 atom stereocenters. The molecule has 0 radical (unpaired) electrons. The van der Waals surface area contributed by atoms with Gasteiger partial charge in [0.1, 0.15) is 5.60 Å². The van der Waals surface area contributed by atoms with Crippen molar-refractivity contribution in [1.29, 1.82) is 0 Å². The average molecular weight is 364 g/mol. The zero-order valence-corrected chi connectivity index (χ0v) is 14.5. The van der Waals surface area contributed by atoms with Gasteiger partial charge in [0.25, 0.3) is 0 Å². The number of thiophene rings is 1. The van der Waals surface area contributed by atoms with Crippen LogP contribution in [0.25, 0.3) is 0 Å². The molecule has 1 amide bonds. The Morgan fingerprint density at radius 1 is 1.35 bits per heavy atom. The van der Waals surface area contributed by atoms with E-state index in [0.29, 0.717) is 4.88 Å². The highest BCUT2D eigenvalue weighted by Crippen LogP contribution is 2.31. The van der Waals surface area contributed by atoms with Crippen LogP contribution in [0.4, 0.5) is 4.79 Å². The number of carbonyl (C=O) groups is 2. The van der Waals surface area contributed by atoms with Crippen LogP contribution in [-0.4, -0.2) is 36.7 Å². The standard InChI is InChI=1S/C13H18BrNO4S/c1-13(2,3)19-12(17)15(4)10(11(16)18-5)8-6-7-9(14)20-8/h6-7,10H,1-5H3. The number of likely N-dealkylation sites (N-methyl/N-ethyl adjacent to an activating group) is 1. The van der Waals surface area contributed by atoms with Crippen LogP contribution >= 0.6 is 27.3 Å². The summed E-state index contributed by atoms with van der Waals surface area (Å²) in [6, 6.07) is 2.78. The predicted molar refractivity (Wildman–Crippen MR) is 80.8 cm³/mol. The number of hydrogen-bond acceptors (Lipinski definition) is 5. The third kappa shape index (κ3) is 4.49. The van der Waals surface area contributed by atoms with E-state index in [0.717, 1.165) is 3.79 Å². The lowest BCUT2D eigenvalue weighted by molar-refractivity contribution is -0.146. The Morgan fingerprint density at radius 2 is 1.95 bits per heavy atom. The fourth-order valence-electron chi connectivity index (χ4n) is 1.49. The second-order valence-electron chi connectivity index (χ2n) is 5.16. The van der Waals surface area contributed by atoms with Crippen molar-refractivity contribution in [2.45, 2.75) is 32.4 Å². The maximum absolute atomic E-state index is 12.1. The molecule has 0 bridgehead atoms.